The zero-order valence-corrected chi connectivity index (χ0v) is 38.8. The second-order valence-electron chi connectivity index (χ2n) is 15.3. The molecule has 13 nitrogen and oxygen atoms in total. The molecule has 4 aromatic carbocycles. The number of ether oxygens (including phenoxy) is 2. The number of hydrogen-bond acceptors (Lipinski definition) is 9. The highest BCUT2D eigenvalue weighted by molar-refractivity contribution is 9.10. The molecule has 0 bridgehead atoms. The van der Waals surface area contributed by atoms with Gasteiger partial charge in [-0.3, -0.25) is 19.2 Å². The summed E-state index contributed by atoms with van der Waals surface area (Å²) in [5, 5.41) is 9.42. The maximum absolute atomic E-state index is 13.4. The van der Waals surface area contributed by atoms with Gasteiger partial charge in [-0.15, -0.1) is 0 Å². The van der Waals surface area contributed by atoms with Crippen molar-refractivity contribution in [1.82, 2.24) is 29.3 Å². The van der Waals surface area contributed by atoms with Gasteiger partial charge in [-0.2, -0.15) is 4.98 Å². The fourth-order valence-corrected chi connectivity index (χ4v) is 7.89. The Morgan fingerprint density at radius 3 is 1.83 bits per heavy atom. The molecule has 7 rings (SSSR count). The third-order valence-corrected chi connectivity index (χ3v) is 11.8. The van der Waals surface area contributed by atoms with Gasteiger partial charge in [0, 0.05) is 53.5 Å². The number of rotatable bonds is 15. The first-order chi connectivity index (χ1) is 30.4. The minimum Gasteiger partial charge on any atom is -0.481 e. The van der Waals surface area contributed by atoms with Crippen molar-refractivity contribution in [3.8, 4) is 11.5 Å². The van der Waals surface area contributed by atoms with Crippen LogP contribution < -0.4 is 20.6 Å². The van der Waals surface area contributed by atoms with Crippen molar-refractivity contribution >= 4 is 43.7 Å². The number of amides is 2. The van der Waals surface area contributed by atoms with Crippen LogP contribution in [0.1, 0.15) is 82.6 Å². The van der Waals surface area contributed by atoms with Gasteiger partial charge in [-0.25, -0.2) is 4.98 Å². The van der Waals surface area contributed by atoms with Crippen LogP contribution in [0.2, 0.25) is 0 Å². The SMILES string of the molecule is CC(C)N(CCO)C(=O)c1nc(Cc2ccccc2Br)[nH]c(=O)c1OCc1ccccc1.CC(C)N1CCn2c(Cc3ccccc3Br)nc(=O)c(OCc3ccccc3)c2C1=O. The number of aliphatic hydroxyl groups is 1. The fourth-order valence-electron chi connectivity index (χ4n) is 7.04. The molecule has 0 spiro atoms. The summed E-state index contributed by atoms with van der Waals surface area (Å²) in [7, 11) is 0. The number of fused-ring (bicyclic) bond motifs is 1. The standard InChI is InChI=1S/C24H26BrN3O4.C24H24BrN3O3/c1-16(2)28(12-13-29)24(31)21-22(32-15-17-8-4-3-5-9-17)23(30)27-20(26-21)14-18-10-6-7-11-19(18)25;1-16(2)27-12-13-28-20(14-18-10-6-7-11-19(18)25)26-23(29)22(21(28)24(27)30)31-15-17-8-4-3-5-9-17/h3-11,16,29H,12-15H2,1-2H3,(H,26,27,30);3-11,16H,12-15H2,1-2H3. The van der Waals surface area contributed by atoms with E-state index < -0.39 is 17.0 Å². The summed E-state index contributed by atoms with van der Waals surface area (Å²) < 4.78 is 15.3. The molecule has 1 aliphatic rings. The van der Waals surface area contributed by atoms with Crippen LogP contribution in [0, 0.1) is 0 Å². The molecule has 0 saturated heterocycles. The van der Waals surface area contributed by atoms with E-state index in [1.165, 1.54) is 4.90 Å². The Labute approximate surface area is 383 Å². The summed E-state index contributed by atoms with van der Waals surface area (Å²) in [5.74, 6) is 0.155. The Bertz CT molecular complexity index is 2640. The molecule has 0 radical (unpaired) electrons. The lowest BCUT2D eigenvalue weighted by Gasteiger charge is -2.34. The molecular weight excluding hydrogens is 932 g/mol. The van der Waals surface area contributed by atoms with Gasteiger partial charge in [0.25, 0.3) is 17.4 Å². The number of aromatic amines is 1. The van der Waals surface area contributed by atoms with Crippen molar-refractivity contribution in [3.05, 3.63) is 184 Å². The van der Waals surface area contributed by atoms with Crippen LogP contribution in [-0.4, -0.2) is 78.0 Å². The zero-order valence-electron chi connectivity index (χ0n) is 35.6. The molecule has 328 valence electrons. The first-order valence-corrected chi connectivity index (χ1v) is 22.2. The molecule has 0 saturated carbocycles. The first kappa shape index (κ1) is 46.6. The van der Waals surface area contributed by atoms with E-state index in [0.29, 0.717) is 37.6 Å². The Kier molecular flexibility index (Phi) is 16.2. The van der Waals surface area contributed by atoms with Gasteiger partial charge >= 0.3 is 5.56 Å². The number of carbonyl (C=O) groups is 2. The van der Waals surface area contributed by atoms with Crippen molar-refractivity contribution in [2.75, 3.05) is 19.7 Å². The van der Waals surface area contributed by atoms with Crippen LogP contribution in [0.3, 0.4) is 0 Å². The minimum atomic E-state index is -0.519. The van der Waals surface area contributed by atoms with Crippen LogP contribution in [0.5, 0.6) is 11.5 Å². The van der Waals surface area contributed by atoms with Crippen molar-refractivity contribution in [1.29, 1.82) is 0 Å². The van der Waals surface area contributed by atoms with E-state index in [1.807, 2.05) is 141 Å². The largest absolute Gasteiger partial charge is 0.481 e. The number of nitrogens with zero attached hydrogens (tertiary/aromatic N) is 5. The third kappa shape index (κ3) is 11.8. The van der Waals surface area contributed by atoms with Crippen molar-refractivity contribution in [3.63, 3.8) is 0 Å². The maximum Gasteiger partial charge on any atom is 0.316 e. The summed E-state index contributed by atoms with van der Waals surface area (Å²) in [5.41, 5.74) is 2.90. The van der Waals surface area contributed by atoms with Gasteiger partial charge in [0.2, 0.25) is 11.5 Å². The second-order valence-corrected chi connectivity index (χ2v) is 17.1. The number of nitrogens with one attached hydrogen (secondary N) is 1. The lowest BCUT2D eigenvalue weighted by molar-refractivity contribution is 0.0632. The predicted molar refractivity (Wildman–Crippen MR) is 248 cm³/mol. The minimum absolute atomic E-state index is 0.0232. The number of halogens is 2. The Hall–Kier alpha value is -5.90. The molecule has 1 aliphatic heterocycles. The van der Waals surface area contributed by atoms with Crippen LogP contribution in [-0.2, 0) is 32.6 Å². The van der Waals surface area contributed by atoms with Gasteiger partial charge in [0.15, 0.2) is 11.4 Å². The molecule has 15 heteroatoms. The maximum atomic E-state index is 13.4. The van der Waals surface area contributed by atoms with E-state index in [0.717, 1.165) is 31.2 Å². The van der Waals surface area contributed by atoms with E-state index in [9.17, 15) is 24.3 Å². The number of H-pyrrole nitrogens is 1. The molecule has 0 fully saturated rings. The summed E-state index contributed by atoms with van der Waals surface area (Å²) in [6.45, 7) is 9.00. The van der Waals surface area contributed by atoms with E-state index >= 15 is 0 Å². The lowest BCUT2D eigenvalue weighted by atomic mass is 10.1. The Morgan fingerprint density at radius 2 is 1.29 bits per heavy atom. The van der Waals surface area contributed by atoms with Gasteiger partial charge < -0.3 is 33.9 Å². The summed E-state index contributed by atoms with van der Waals surface area (Å²) >= 11 is 7.06. The number of carbonyl (C=O) groups excluding carboxylic acids is 2. The van der Waals surface area contributed by atoms with Crippen LogP contribution in [0.25, 0.3) is 0 Å². The molecule has 6 aromatic rings. The molecule has 0 aliphatic carbocycles. The monoisotopic (exact) mass is 980 g/mol. The fraction of sp³-hybridized carbons (Fsp3) is 0.292. The third-order valence-electron chi connectivity index (χ3n) is 10.3. The molecular formula is C48H50Br2N6O7. The quantitative estimate of drug-likeness (QED) is 0.106. The molecule has 2 amide bonds. The van der Waals surface area contributed by atoms with Crippen LogP contribution >= 0.6 is 31.9 Å². The smallest absolute Gasteiger partial charge is 0.316 e. The van der Waals surface area contributed by atoms with Gasteiger partial charge in [0.1, 0.15) is 24.9 Å². The highest BCUT2D eigenvalue weighted by Crippen LogP contribution is 2.27. The van der Waals surface area contributed by atoms with E-state index in [4.69, 9.17) is 9.47 Å². The number of aromatic nitrogens is 4. The van der Waals surface area contributed by atoms with Crippen molar-refractivity contribution in [2.45, 2.75) is 72.4 Å². The summed E-state index contributed by atoms with van der Waals surface area (Å²) in [6.07, 6.45) is 0.773. The van der Waals surface area contributed by atoms with Crippen LogP contribution in [0.4, 0.5) is 0 Å². The first-order valence-electron chi connectivity index (χ1n) is 20.7. The normalized spacial score (nSPS) is 12.1. The van der Waals surface area contributed by atoms with E-state index in [-0.39, 0.29) is 67.2 Å². The molecule has 0 atom stereocenters. The average molecular weight is 983 g/mol. The molecule has 2 N–H and O–H groups in total. The zero-order chi connectivity index (χ0) is 45.0. The Morgan fingerprint density at radius 1 is 0.746 bits per heavy atom. The second kappa shape index (κ2) is 21.9. The van der Waals surface area contributed by atoms with E-state index in [1.54, 1.807) is 4.90 Å². The van der Waals surface area contributed by atoms with Crippen molar-refractivity contribution in [2.24, 2.45) is 0 Å². The Balaban J connectivity index is 0.000000210. The van der Waals surface area contributed by atoms with Gasteiger partial charge in [-0.1, -0.05) is 129 Å². The molecule has 2 aromatic heterocycles. The number of benzene rings is 4. The molecule has 3 heterocycles. The number of aliphatic hydroxyl groups excluding tert-OH is 1. The molecule has 0 unspecified atom stereocenters. The summed E-state index contributed by atoms with van der Waals surface area (Å²) in [4.78, 5) is 67.5. The van der Waals surface area contributed by atoms with Crippen LogP contribution in [0.15, 0.2) is 128 Å². The topological polar surface area (TPSA) is 160 Å². The molecule has 63 heavy (non-hydrogen) atoms. The highest BCUT2D eigenvalue weighted by Gasteiger charge is 2.33. The van der Waals surface area contributed by atoms with Gasteiger partial charge in [0.05, 0.1) is 6.61 Å². The lowest BCUT2D eigenvalue weighted by Crippen LogP contribution is -2.46. The van der Waals surface area contributed by atoms with Crippen molar-refractivity contribution < 1.29 is 24.2 Å². The summed E-state index contributed by atoms with van der Waals surface area (Å²) in [6, 6.07) is 34.2. The number of hydrogen-bond donors (Lipinski definition) is 2. The predicted octanol–water partition coefficient (Wildman–Crippen LogP) is 7.58. The van der Waals surface area contributed by atoms with E-state index in [2.05, 4.69) is 46.8 Å². The highest BCUT2D eigenvalue weighted by atomic mass is 79.9. The van der Waals surface area contributed by atoms with Gasteiger partial charge in [-0.05, 0) is 62.1 Å². The average Bonchev–Trinajstić information content (AvgIpc) is 3.27.